The fraction of sp³-hybridized carbons (Fsp3) is 0. The first-order valence-corrected chi connectivity index (χ1v) is 17.6. The molecule has 0 saturated carbocycles. The Labute approximate surface area is 301 Å². The number of nitrogens with zero attached hydrogens (tertiary/aromatic N) is 7. The van der Waals surface area contributed by atoms with Crippen molar-refractivity contribution in [3.8, 4) is 29.4 Å². The second-order valence-electron chi connectivity index (χ2n) is 13.6. The molecule has 0 aliphatic carbocycles. The van der Waals surface area contributed by atoms with Crippen LogP contribution in [-0.4, -0.2) is 28.5 Å². The molecule has 7 aromatic carbocycles. The molecular weight excluding hydrogens is 651 g/mol. The van der Waals surface area contributed by atoms with Gasteiger partial charge in [-0.1, -0.05) is 109 Å². The minimum Gasteiger partial charge on any atom is -0.307 e. The molecule has 0 saturated heterocycles. The van der Waals surface area contributed by atoms with Crippen molar-refractivity contribution in [3.63, 3.8) is 0 Å². The van der Waals surface area contributed by atoms with Crippen LogP contribution in [0, 0.1) is 11.3 Å². The van der Waals surface area contributed by atoms with Gasteiger partial charge in [0.1, 0.15) is 0 Å². The summed E-state index contributed by atoms with van der Waals surface area (Å²) in [5, 5.41) is 19.1. The van der Waals surface area contributed by atoms with Gasteiger partial charge in [0.25, 0.3) is 0 Å². The molecule has 5 heterocycles. The standard InChI is InChI=1S/C46H25N7/c47-26-27-23-24-32-30-13-3-7-21-39(30)52(41(32)25-27)46-49-44(48-45(50-46)51-37-19-5-1-11-28(37)29-12-2-6-20-38(29)51)36-18-10-17-35-34-16-9-15-33-31-14-4-8-22-40(31)53(42(33)34)43(35)36/h1-25H. The first kappa shape index (κ1) is 28.2. The molecule has 0 N–H and O–H groups in total. The van der Waals surface area contributed by atoms with Gasteiger partial charge in [-0.05, 0) is 42.5 Å². The Bertz CT molecular complexity index is 3490. The Morgan fingerprint density at radius 2 is 0.849 bits per heavy atom. The number of para-hydroxylation sites is 6. The summed E-state index contributed by atoms with van der Waals surface area (Å²) in [5.74, 6) is 1.55. The molecule has 0 atom stereocenters. The lowest BCUT2D eigenvalue weighted by atomic mass is 10.1. The molecule has 0 radical (unpaired) electrons. The first-order chi connectivity index (χ1) is 26.3. The van der Waals surface area contributed by atoms with Crippen molar-refractivity contribution in [2.45, 2.75) is 0 Å². The molecule has 7 nitrogen and oxygen atoms in total. The van der Waals surface area contributed by atoms with Gasteiger partial charge in [0.05, 0.1) is 50.2 Å². The summed E-state index contributed by atoms with van der Waals surface area (Å²) in [6, 6.07) is 54.8. The van der Waals surface area contributed by atoms with E-state index in [-0.39, 0.29) is 0 Å². The highest BCUT2D eigenvalue weighted by Crippen LogP contribution is 2.42. The number of nitriles is 1. The van der Waals surface area contributed by atoms with Gasteiger partial charge in [-0.2, -0.15) is 20.2 Å². The first-order valence-electron chi connectivity index (χ1n) is 17.6. The lowest BCUT2D eigenvalue weighted by Gasteiger charge is -2.13. The second kappa shape index (κ2) is 10.3. The van der Waals surface area contributed by atoms with E-state index in [9.17, 15) is 5.26 Å². The predicted molar refractivity (Wildman–Crippen MR) is 213 cm³/mol. The number of hydrogen-bond donors (Lipinski definition) is 0. The average Bonchev–Trinajstić information content (AvgIpc) is 3.95. The maximum atomic E-state index is 9.97. The monoisotopic (exact) mass is 675 g/mol. The van der Waals surface area contributed by atoms with Gasteiger partial charge in [-0.3, -0.25) is 9.13 Å². The molecule has 0 spiro atoms. The zero-order valence-corrected chi connectivity index (χ0v) is 28.1. The predicted octanol–water partition coefficient (Wildman–Crippen LogP) is 10.8. The quantitative estimate of drug-likeness (QED) is 0.187. The van der Waals surface area contributed by atoms with E-state index < -0.39 is 0 Å². The Morgan fingerprint density at radius 1 is 0.396 bits per heavy atom. The van der Waals surface area contributed by atoms with E-state index in [1.165, 1.54) is 21.7 Å². The molecular formula is C46H25N7. The van der Waals surface area contributed by atoms with E-state index >= 15 is 0 Å². The van der Waals surface area contributed by atoms with E-state index in [1.807, 2.05) is 30.3 Å². The zero-order chi connectivity index (χ0) is 34.8. The molecule has 7 heteroatoms. The van der Waals surface area contributed by atoms with Crippen LogP contribution in [0.25, 0.3) is 105 Å². The van der Waals surface area contributed by atoms with Crippen LogP contribution >= 0.6 is 0 Å². The minimum atomic E-state index is 0.476. The zero-order valence-electron chi connectivity index (χ0n) is 28.1. The van der Waals surface area contributed by atoms with Crippen LogP contribution in [0.1, 0.15) is 5.56 Å². The highest BCUT2D eigenvalue weighted by atomic mass is 15.3. The van der Waals surface area contributed by atoms with Gasteiger partial charge in [0.15, 0.2) is 5.82 Å². The van der Waals surface area contributed by atoms with E-state index in [1.54, 1.807) is 0 Å². The summed E-state index contributed by atoms with van der Waals surface area (Å²) in [7, 11) is 0. The van der Waals surface area contributed by atoms with Crippen molar-refractivity contribution < 1.29 is 0 Å². The third-order valence-electron chi connectivity index (χ3n) is 10.9. The van der Waals surface area contributed by atoms with Crippen molar-refractivity contribution in [1.82, 2.24) is 28.5 Å². The maximum Gasteiger partial charge on any atom is 0.240 e. The van der Waals surface area contributed by atoms with Crippen LogP contribution in [0.15, 0.2) is 152 Å². The summed E-state index contributed by atoms with van der Waals surface area (Å²) in [5.41, 5.74) is 8.70. The van der Waals surface area contributed by atoms with E-state index in [0.717, 1.165) is 65.6 Å². The lowest BCUT2D eigenvalue weighted by molar-refractivity contribution is 0.893. The number of aromatic nitrogens is 6. The van der Waals surface area contributed by atoms with Crippen molar-refractivity contribution in [1.29, 1.82) is 5.26 Å². The van der Waals surface area contributed by atoms with Crippen LogP contribution in [0.3, 0.4) is 0 Å². The summed E-state index contributed by atoms with van der Waals surface area (Å²) >= 11 is 0. The average molecular weight is 676 g/mol. The summed E-state index contributed by atoms with van der Waals surface area (Å²) in [6.45, 7) is 0. The highest BCUT2D eigenvalue weighted by Gasteiger charge is 2.24. The molecule has 12 rings (SSSR count). The van der Waals surface area contributed by atoms with Crippen LogP contribution in [0.4, 0.5) is 0 Å². The fourth-order valence-corrected chi connectivity index (χ4v) is 8.72. The molecule has 53 heavy (non-hydrogen) atoms. The number of rotatable bonds is 3. The Balaban J connectivity index is 1.26. The van der Waals surface area contributed by atoms with Gasteiger partial charge in [-0.25, -0.2) is 0 Å². The summed E-state index contributed by atoms with van der Waals surface area (Å²) < 4.78 is 6.61. The van der Waals surface area contributed by atoms with E-state index in [4.69, 9.17) is 15.0 Å². The molecule has 0 aliphatic rings. The lowest BCUT2D eigenvalue weighted by Crippen LogP contribution is -2.10. The molecule has 244 valence electrons. The van der Waals surface area contributed by atoms with Crippen molar-refractivity contribution >= 4 is 81.7 Å². The van der Waals surface area contributed by atoms with Crippen molar-refractivity contribution in [2.75, 3.05) is 0 Å². The Morgan fingerprint density at radius 3 is 1.45 bits per heavy atom. The topological polar surface area (TPSA) is 76.7 Å². The molecule has 0 fully saturated rings. The van der Waals surface area contributed by atoms with Gasteiger partial charge in [-0.15, -0.1) is 0 Å². The molecule has 0 unspecified atom stereocenters. The normalized spacial score (nSPS) is 12.1. The van der Waals surface area contributed by atoms with Gasteiger partial charge >= 0.3 is 0 Å². The Hall–Kier alpha value is -7.56. The van der Waals surface area contributed by atoms with Crippen LogP contribution < -0.4 is 0 Å². The number of fused-ring (bicyclic) bond motifs is 12. The molecule has 0 bridgehead atoms. The summed E-state index contributed by atoms with van der Waals surface area (Å²) in [4.78, 5) is 16.1. The summed E-state index contributed by atoms with van der Waals surface area (Å²) in [6.07, 6.45) is 0. The smallest absolute Gasteiger partial charge is 0.240 e. The van der Waals surface area contributed by atoms with Crippen LogP contribution in [0.2, 0.25) is 0 Å². The fourth-order valence-electron chi connectivity index (χ4n) is 8.72. The van der Waals surface area contributed by atoms with Crippen molar-refractivity contribution in [2.24, 2.45) is 0 Å². The van der Waals surface area contributed by atoms with Crippen LogP contribution in [-0.2, 0) is 0 Å². The second-order valence-corrected chi connectivity index (χ2v) is 13.6. The van der Waals surface area contributed by atoms with Crippen LogP contribution in [0.5, 0.6) is 0 Å². The molecule has 0 aliphatic heterocycles. The molecule has 5 aromatic heterocycles. The van der Waals surface area contributed by atoms with E-state index in [2.05, 4.69) is 141 Å². The third-order valence-corrected chi connectivity index (χ3v) is 10.9. The maximum absolute atomic E-state index is 9.97. The molecule has 0 amide bonds. The third kappa shape index (κ3) is 3.68. The van der Waals surface area contributed by atoms with Gasteiger partial charge in [0, 0.05) is 48.7 Å². The van der Waals surface area contributed by atoms with Gasteiger partial charge < -0.3 is 4.40 Å². The highest BCUT2D eigenvalue weighted by molar-refractivity contribution is 6.25. The molecule has 12 aromatic rings. The van der Waals surface area contributed by atoms with Gasteiger partial charge in [0.2, 0.25) is 11.9 Å². The van der Waals surface area contributed by atoms with E-state index in [0.29, 0.717) is 23.3 Å². The largest absolute Gasteiger partial charge is 0.307 e. The minimum absolute atomic E-state index is 0.476. The number of hydrogen-bond acceptors (Lipinski definition) is 4. The SMILES string of the molecule is N#Cc1ccc2c3ccccc3n(-c3nc(-c4cccc5c6cccc7c8ccccc8n(c45)c76)nc(-n4c5ccccc5c5ccccc54)n3)c2c1. The van der Waals surface area contributed by atoms with Crippen molar-refractivity contribution in [3.05, 3.63) is 157 Å². The Kier molecular flexibility index (Phi) is 5.45. The number of benzene rings is 7.